The van der Waals surface area contributed by atoms with Crippen molar-refractivity contribution in [1.29, 1.82) is 0 Å². The van der Waals surface area contributed by atoms with Crippen LogP contribution in [0.3, 0.4) is 0 Å². The van der Waals surface area contributed by atoms with Gasteiger partial charge < -0.3 is 5.32 Å². The molecule has 2 heterocycles. The minimum Gasteiger partial charge on any atom is -0.346 e. The van der Waals surface area contributed by atoms with Crippen LogP contribution in [0.15, 0.2) is 28.1 Å². The number of nitrogens with one attached hydrogen (secondary N) is 1. The van der Waals surface area contributed by atoms with Gasteiger partial charge in [-0.15, -0.1) is 22.7 Å². The second kappa shape index (κ2) is 5.12. The second-order valence-electron chi connectivity index (χ2n) is 3.28. The predicted octanol–water partition coefficient (Wildman–Crippen LogP) is 3.81. The molecule has 0 radical (unpaired) electrons. The summed E-state index contributed by atoms with van der Waals surface area (Å²) in [5, 5.41) is 4.91. The molecule has 0 fully saturated rings. The Morgan fingerprint density at radius 1 is 1.44 bits per heavy atom. The number of rotatable bonds is 3. The fraction of sp³-hybridized carbons (Fsp3) is 0.182. The summed E-state index contributed by atoms with van der Waals surface area (Å²) in [7, 11) is 0. The van der Waals surface area contributed by atoms with Crippen molar-refractivity contribution >= 4 is 44.5 Å². The number of carbonyl (C=O) groups is 1. The van der Waals surface area contributed by atoms with Gasteiger partial charge in [-0.25, -0.2) is 0 Å². The minimum absolute atomic E-state index is 0.00148. The number of thiophene rings is 2. The molecule has 0 bridgehead atoms. The van der Waals surface area contributed by atoms with E-state index in [0.29, 0.717) is 6.54 Å². The highest BCUT2D eigenvalue weighted by atomic mass is 79.9. The second-order valence-corrected chi connectivity index (χ2v) is 6.43. The van der Waals surface area contributed by atoms with Crippen LogP contribution in [0.4, 0.5) is 0 Å². The van der Waals surface area contributed by atoms with E-state index in [-0.39, 0.29) is 5.91 Å². The number of carbonyl (C=O) groups excluding carboxylic acids is 1. The standard InChI is InChI=1S/C11H10BrNOS2/c1-7-2-3-9(16-7)11(14)13-6-10-8(12)4-5-15-10/h2-5H,6H2,1H3,(H,13,14). The Kier molecular flexibility index (Phi) is 3.78. The monoisotopic (exact) mass is 315 g/mol. The fourth-order valence-electron chi connectivity index (χ4n) is 1.26. The number of hydrogen-bond acceptors (Lipinski definition) is 3. The van der Waals surface area contributed by atoms with Crippen LogP contribution < -0.4 is 5.32 Å². The van der Waals surface area contributed by atoms with E-state index in [1.807, 2.05) is 30.5 Å². The number of aryl methyl sites for hydroxylation is 1. The van der Waals surface area contributed by atoms with Crippen LogP contribution in [-0.4, -0.2) is 5.91 Å². The lowest BCUT2D eigenvalue weighted by molar-refractivity contribution is 0.0955. The summed E-state index contributed by atoms with van der Waals surface area (Å²) in [6.07, 6.45) is 0. The highest BCUT2D eigenvalue weighted by Crippen LogP contribution is 2.22. The van der Waals surface area contributed by atoms with Gasteiger partial charge in [0.1, 0.15) is 0 Å². The molecule has 0 aliphatic heterocycles. The van der Waals surface area contributed by atoms with Gasteiger partial charge in [0.25, 0.3) is 5.91 Å². The summed E-state index contributed by atoms with van der Waals surface area (Å²) in [5.41, 5.74) is 0. The van der Waals surface area contributed by atoms with Crippen molar-refractivity contribution in [3.05, 3.63) is 42.7 Å². The Labute approximate surface area is 110 Å². The first-order chi connectivity index (χ1) is 7.66. The molecule has 2 aromatic heterocycles. The molecular formula is C11H10BrNOS2. The third-order valence-corrected chi connectivity index (χ3v) is 4.99. The molecule has 2 rings (SSSR count). The van der Waals surface area contributed by atoms with Gasteiger partial charge in [-0.2, -0.15) is 0 Å². The van der Waals surface area contributed by atoms with Gasteiger partial charge in [0.15, 0.2) is 0 Å². The number of amides is 1. The average Bonchev–Trinajstić information content (AvgIpc) is 2.84. The quantitative estimate of drug-likeness (QED) is 0.916. The summed E-state index contributed by atoms with van der Waals surface area (Å²) >= 11 is 6.59. The van der Waals surface area contributed by atoms with E-state index >= 15 is 0 Å². The maximum atomic E-state index is 11.8. The summed E-state index contributed by atoms with van der Waals surface area (Å²) in [6, 6.07) is 5.81. The molecule has 0 aliphatic carbocycles. The SMILES string of the molecule is Cc1ccc(C(=O)NCc2sccc2Br)s1. The third kappa shape index (κ3) is 2.72. The zero-order chi connectivity index (χ0) is 11.5. The van der Waals surface area contributed by atoms with Crippen molar-refractivity contribution in [3.8, 4) is 0 Å². The van der Waals surface area contributed by atoms with Crippen molar-refractivity contribution in [2.24, 2.45) is 0 Å². The molecule has 0 aromatic carbocycles. The summed E-state index contributed by atoms with van der Waals surface area (Å²) in [6.45, 7) is 2.57. The molecule has 0 saturated heterocycles. The van der Waals surface area contributed by atoms with Crippen molar-refractivity contribution in [1.82, 2.24) is 5.32 Å². The van der Waals surface area contributed by atoms with Gasteiger partial charge >= 0.3 is 0 Å². The van der Waals surface area contributed by atoms with Gasteiger partial charge in [-0.1, -0.05) is 0 Å². The van der Waals surface area contributed by atoms with E-state index in [2.05, 4.69) is 21.2 Å². The first-order valence-corrected chi connectivity index (χ1v) is 7.22. The molecule has 0 atom stereocenters. The molecule has 16 heavy (non-hydrogen) atoms. The van der Waals surface area contributed by atoms with E-state index in [4.69, 9.17) is 0 Å². The van der Waals surface area contributed by atoms with Gasteiger partial charge in [0.2, 0.25) is 0 Å². The molecule has 0 unspecified atom stereocenters. The van der Waals surface area contributed by atoms with Crippen LogP contribution in [0, 0.1) is 6.92 Å². The van der Waals surface area contributed by atoms with Crippen LogP contribution in [-0.2, 0) is 6.54 Å². The van der Waals surface area contributed by atoms with Crippen LogP contribution in [0.5, 0.6) is 0 Å². The summed E-state index contributed by atoms with van der Waals surface area (Å²) < 4.78 is 1.06. The van der Waals surface area contributed by atoms with E-state index < -0.39 is 0 Å². The average molecular weight is 316 g/mol. The Morgan fingerprint density at radius 2 is 2.25 bits per heavy atom. The zero-order valence-electron chi connectivity index (χ0n) is 8.62. The minimum atomic E-state index is -0.00148. The lowest BCUT2D eigenvalue weighted by Crippen LogP contribution is -2.21. The lowest BCUT2D eigenvalue weighted by Gasteiger charge is -2.01. The molecule has 1 amide bonds. The Bertz CT molecular complexity index is 504. The highest BCUT2D eigenvalue weighted by Gasteiger charge is 2.08. The van der Waals surface area contributed by atoms with Crippen LogP contribution in [0.1, 0.15) is 19.4 Å². The van der Waals surface area contributed by atoms with Crippen molar-refractivity contribution in [3.63, 3.8) is 0 Å². The first kappa shape index (κ1) is 11.8. The molecule has 2 nitrogen and oxygen atoms in total. The smallest absolute Gasteiger partial charge is 0.261 e. The van der Waals surface area contributed by atoms with Crippen molar-refractivity contribution in [2.45, 2.75) is 13.5 Å². The maximum Gasteiger partial charge on any atom is 0.261 e. The van der Waals surface area contributed by atoms with Crippen LogP contribution in [0.2, 0.25) is 0 Å². The third-order valence-electron chi connectivity index (χ3n) is 2.06. The highest BCUT2D eigenvalue weighted by molar-refractivity contribution is 9.10. The molecule has 0 spiro atoms. The largest absolute Gasteiger partial charge is 0.346 e. The van der Waals surface area contributed by atoms with E-state index in [0.717, 1.165) is 19.1 Å². The van der Waals surface area contributed by atoms with Crippen LogP contribution >= 0.6 is 38.6 Å². The van der Waals surface area contributed by atoms with Crippen molar-refractivity contribution in [2.75, 3.05) is 0 Å². The Balaban J connectivity index is 1.96. The molecular weight excluding hydrogens is 306 g/mol. The zero-order valence-corrected chi connectivity index (χ0v) is 11.8. The van der Waals surface area contributed by atoms with Gasteiger partial charge in [-0.3, -0.25) is 4.79 Å². The lowest BCUT2D eigenvalue weighted by atomic mass is 10.4. The summed E-state index contributed by atoms with van der Waals surface area (Å²) in [5.74, 6) is -0.00148. The molecule has 84 valence electrons. The Morgan fingerprint density at radius 3 is 2.81 bits per heavy atom. The number of halogens is 1. The first-order valence-electron chi connectivity index (χ1n) is 4.73. The van der Waals surface area contributed by atoms with E-state index in [9.17, 15) is 4.79 Å². The fourth-order valence-corrected chi connectivity index (χ4v) is 3.47. The number of hydrogen-bond donors (Lipinski definition) is 1. The van der Waals surface area contributed by atoms with Gasteiger partial charge in [-0.05, 0) is 46.4 Å². The molecule has 2 aromatic rings. The molecule has 5 heteroatoms. The van der Waals surface area contributed by atoms with Crippen LogP contribution in [0.25, 0.3) is 0 Å². The Hall–Kier alpha value is -0.650. The normalized spacial score (nSPS) is 10.4. The van der Waals surface area contributed by atoms with Gasteiger partial charge in [0, 0.05) is 14.2 Å². The van der Waals surface area contributed by atoms with E-state index in [1.54, 1.807) is 11.3 Å². The van der Waals surface area contributed by atoms with Gasteiger partial charge in [0.05, 0.1) is 11.4 Å². The van der Waals surface area contributed by atoms with E-state index in [1.165, 1.54) is 11.3 Å². The molecule has 1 N–H and O–H groups in total. The predicted molar refractivity (Wildman–Crippen MR) is 72.2 cm³/mol. The topological polar surface area (TPSA) is 29.1 Å². The maximum absolute atomic E-state index is 11.8. The molecule has 0 saturated carbocycles. The molecule has 0 aliphatic rings. The van der Waals surface area contributed by atoms with Crippen molar-refractivity contribution < 1.29 is 4.79 Å². The summed E-state index contributed by atoms with van der Waals surface area (Å²) in [4.78, 5) is 14.8.